The molecule has 107 heavy (non-hydrogen) atoms. The Morgan fingerprint density at radius 1 is 0.523 bits per heavy atom. The summed E-state index contributed by atoms with van der Waals surface area (Å²) in [6.45, 7) is 3.15. The Balaban J connectivity index is 1.04. The van der Waals surface area contributed by atoms with E-state index in [9.17, 15) is 58.2 Å². The number of nitrogens with zero attached hydrogens (tertiary/aromatic N) is 1. The fraction of sp³-hybridized carbons (Fsp3) is 0.405. The van der Waals surface area contributed by atoms with Crippen LogP contribution in [0.4, 0.5) is 0 Å². The van der Waals surface area contributed by atoms with Crippen LogP contribution in [0, 0.1) is 5.92 Å². The van der Waals surface area contributed by atoms with Crippen LogP contribution in [0.5, 0.6) is 0 Å². The van der Waals surface area contributed by atoms with Gasteiger partial charge in [-0.3, -0.25) is 67.1 Å². The molecule has 1 aliphatic heterocycles. The molecule has 570 valence electrons. The van der Waals surface area contributed by atoms with Gasteiger partial charge in [0.25, 0.3) is 0 Å². The lowest BCUT2D eigenvalue weighted by Gasteiger charge is -2.30. The summed E-state index contributed by atoms with van der Waals surface area (Å²) in [6.07, 6.45) is 3.96. The number of aliphatic hydroxyl groups excluding tert-OH is 1. The number of aliphatic hydroxyl groups is 1. The maximum atomic E-state index is 15.5. The Bertz CT molecular complexity index is 4370. The van der Waals surface area contributed by atoms with Crippen LogP contribution in [0.2, 0.25) is 0 Å². The number of carbonyl (C=O) groups is 14. The van der Waals surface area contributed by atoms with Crippen molar-refractivity contribution in [1.29, 1.82) is 0 Å². The van der Waals surface area contributed by atoms with Gasteiger partial charge in [-0.1, -0.05) is 105 Å². The first kappa shape index (κ1) is 80.7. The molecule has 33 nitrogen and oxygen atoms in total. The highest BCUT2D eigenvalue weighted by Gasteiger charge is 2.41. The average Bonchev–Trinajstić information content (AvgIpc) is 1.73. The summed E-state index contributed by atoms with van der Waals surface area (Å²) in [5, 5.41) is 47.3. The number of rotatable bonds is 40. The number of amides is 13. The second kappa shape index (κ2) is 38.7. The maximum Gasteiger partial charge on any atom is 0.305 e. The number of H-pyrrole nitrogens is 3. The predicted molar refractivity (Wildman–Crippen MR) is 392 cm³/mol. The molecule has 33 heteroatoms. The molecule has 1 aliphatic rings. The minimum Gasteiger partial charge on any atom is -0.481 e. The smallest absolute Gasteiger partial charge is 0.305 e. The van der Waals surface area contributed by atoms with E-state index in [1.807, 2.05) is 24.3 Å². The van der Waals surface area contributed by atoms with E-state index in [0.717, 1.165) is 6.92 Å². The number of likely N-dealkylation sites (tertiary alicyclic amines) is 1. The molecule has 13 amide bonds. The highest BCUT2D eigenvalue weighted by atomic mass is 16.4. The van der Waals surface area contributed by atoms with E-state index in [1.54, 1.807) is 111 Å². The van der Waals surface area contributed by atoms with Crippen LogP contribution < -0.4 is 70.4 Å². The SMILES string of the molecule is CC[C@H](C)[C@H](NC(=O)CNC(=O)[C@@H]1CCCN1C(=O)[C@@H](Cc1c[nH]c2ccccc12)NC(=O)[C@H](Cc1c[nH]c2ccccc12)NC(=O)[C@H](CCCCN)NC(=O)[C@H](Cc1c[nH]c2ccccc12)NC(=O)[C@H](CC(N)=O)NC(=O)[C@H](CO)NC(C)=O)C(=O)N[C@@H](Cc1ccccc1)C(=O)N[C@@H](CC(=O)O)C(N)=O. The van der Waals surface area contributed by atoms with E-state index < -0.39 is 175 Å². The lowest BCUT2D eigenvalue weighted by molar-refractivity contribution is -0.142. The van der Waals surface area contributed by atoms with Crippen LogP contribution in [-0.2, 0) is 92.8 Å². The molecule has 0 radical (unpaired) electrons. The van der Waals surface area contributed by atoms with Crippen LogP contribution in [0.25, 0.3) is 32.7 Å². The number of carbonyl (C=O) groups excluding carboxylic acids is 13. The monoisotopic (exact) mass is 1480 g/mol. The van der Waals surface area contributed by atoms with Gasteiger partial charge in [-0.2, -0.15) is 0 Å². The predicted octanol–water partition coefficient (Wildman–Crippen LogP) is -1.11. The van der Waals surface area contributed by atoms with Gasteiger partial charge in [0, 0.05) is 90.5 Å². The molecule has 7 aromatic rings. The molecule has 0 spiro atoms. The number of aromatic amines is 3. The van der Waals surface area contributed by atoms with E-state index in [4.69, 9.17) is 17.2 Å². The molecule has 0 aliphatic carbocycles. The third kappa shape index (κ3) is 22.5. The topological polar surface area (TPSA) is 528 Å². The summed E-state index contributed by atoms with van der Waals surface area (Å²) in [5.41, 5.74) is 21.2. The van der Waals surface area contributed by atoms with E-state index in [-0.39, 0.29) is 58.0 Å². The highest BCUT2D eigenvalue weighted by Crippen LogP contribution is 2.26. The first-order valence-corrected chi connectivity index (χ1v) is 35.3. The third-order valence-corrected chi connectivity index (χ3v) is 18.7. The number of hydrogen-bond acceptors (Lipinski definition) is 16. The first-order valence-electron chi connectivity index (χ1n) is 35.3. The number of carboxylic acid groups (broad SMARTS) is 1. The first-order chi connectivity index (χ1) is 51.2. The Hall–Kier alpha value is -12.0. The summed E-state index contributed by atoms with van der Waals surface area (Å²) < 4.78 is 0. The van der Waals surface area contributed by atoms with Gasteiger partial charge in [0.05, 0.1) is 26.0 Å². The molecule has 4 heterocycles. The number of primary amides is 2. The summed E-state index contributed by atoms with van der Waals surface area (Å²) in [6, 6.07) is 15.2. The van der Waals surface area contributed by atoms with Crippen LogP contribution in [-0.4, -0.2) is 199 Å². The molecule has 0 saturated carbocycles. The van der Waals surface area contributed by atoms with Gasteiger partial charge in [0.1, 0.15) is 60.4 Å². The molecule has 8 rings (SSSR count). The fourth-order valence-corrected chi connectivity index (χ4v) is 12.9. The minimum atomic E-state index is -1.75. The quantitative estimate of drug-likeness (QED) is 0.0203. The lowest BCUT2D eigenvalue weighted by Crippen LogP contribution is -2.61. The molecule has 3 aromatic heterocycles. The number of benzene rings is 4. The van der Waals surface area contributed by atoms with Crippen molar-refractivity contribution in [2.24, 2.45) is 23.1 Å². The van der Waals surface area contributed by atoms with Gasteiger partial charge < -0.3 is 100 Å². The second-order valence-electron chi connectivity index (χ2n) is 26.5. The summed E-state index contributed by atoms with van der Waals surface area (Å²) in [4.78, 5) is 204. The number of carboxylic acids is 1. The molecule has 0 bridgehead atoms. The lowest BCUT2D eigenvalue weighted by atomic mass is 9.97. The van der Waals surface area contributed by atoms with Crippen molar-refractivity contribution in [2.75, 3.05) is 26.2 Å². The second-order valence-corrected chi connectivity index (χ2v) is 26.5. The van der Waals surface area contributed by atoms with E-state index in [1.165, 1.54) is 4.90 Å². The van der Waals surface area contributed by atoms with Crippen molar-refractivity contribution in [3.63, 3.8) is 0 Å². The van der Waals surface area contributed by atoms with Crippen LogP contribution >= 0.6 is 0 Å². The molecule has 11 atom stereocenters. The van der Waals surface area contributed by atoms with E-state index >= 15 is 19.2 Å². The van der Waals surface area contributed by atoms with Crippen LogP contribution in [0.1, 0.15) is 94.4 Å². The molecular formula is C74H93N17O16. The zero-order valence-corrected chi connectivity index (χ0v) is 59.5. The van der Waals surface area contributed by atoms with E-state index in [0.29, 0.717) is 74.2 Å². The largest absolute Gasteiger partial charge is 0.481 e. The van der Waals surface area contributed by atoms with Crippen molar-refractivity contribution in [1.82, 2.24) is 73.0 Å². The van der Waals surface area contributed by atoms with Crippen LogP contribution in [0.3, 0.4) is 0 Å². The summed E-state index contributed by atoms with van der Waals surface area (Å²) in [7, 11) is 0. The van der Waals surface area contributed by atoms with Gasteiger partial charge >= 0.3 is 5.97 Å². The molecule has 0 unspecified atom stereocenters. The number of fused-ring (bicyclic) bond motifs is 3. The van der Waals surface area contributed by atoms with Crippen molar-refractivity contribution in [2.45, 2.75) is 158 Å². The van der Waals surface area contributed by atoms with Crippen molar-refractivity contribution < 1.29 is 77.3 Å². The van der Waals surface area contributed by atoms with Gasteiger partial charge in [-0.05, 0) is 85.0 Å². The number of aliphatic carboxylic acids is 1. The summed E-state index contributed by atoms with van der Waals surface area (Å²) >= 11 is 0. The molecule has 1 saturated heterocycles. The number of hydrogen-bond donors (Lipinski definition) is 18. The number of nitrogens with one attached hydrogen (secondary N) is 13. The zero-order valence-electron chi connectivity index (χ0n) is 59.5. The van der Waals surface area contributed by atoms with Gasteiger partial charge in [0.15, 0.2) is 0 Å². The number of para-hydroxylation sites is 3. The van der Waals surface area contributed by atoms with Crippen molar-refractivity contribution in [3.8, 4) is 0 Å². The Morgan fingerprint density at radius 3 is 1.47 bits per heavy atom. The highest BCUT2D eigenvalue weighted by molar-refractivity contribution is 6.01. The Labute approximate surface area is 614 Å². The zero-order chi connectivity index (χ0) is 77.4. The minimum absolute atomic E-state index is 0.0263. The molecular weight excluding hydrogens is 1380 g/mol. The van der Waals surface area contributed by atoms with Gasteiger partial charge in [0.2, 0.25) is 76.8 Å². The fourth-order valence-electron chi connectivity index (χ4n) is 12.9. The summed E-state index contributed by atoms with van der Waals surface area (Å²) in [5.74, 6) is -13.7. The van der Waals surface area contributed by atoms with E-state index in [2.05, 4.69) is 68.1 Å². The normalized spacial score (nSPS) is 15.5. The Kier molecular flexibility index (Phi) is 29.2. The van der Waals surface area contributed by atoms with Crippen LogP contribution in [0.15, 0.2) is 122 Å². The third-order valence-electron chi connectivity index (χ3n) is 18.7. The molecule has 4 aromatic carbocycles. The van der Waals surface area contributed by atoms with Gasteiger partial charge in [-0.15, -0.1) is 0 Å². The number of unbranched alkanes of at least 4 members (excludes halogenated alkanes) is 1. The number of nitrogens with two attached hydrogens (primary N) is 3. The molecule has 1 fully saturated rings. The van der Waals surface area contributed by atoms with Crippen molar-refractivity contribution in [3.05, 3.63) is 144 Å². The average molecular weight is 1480 g/mol. The standard InChI is InChI=1S/C74H93N17O16/c1-4-40(2)64(73(106)88-54(29-42-17-6-5-7-18-42)67(100)84-53(65(77)98)34-63(96)97)90-62(95)38-81-72(105)60-26-16-28-91(60)74(107)58(32-45-37-80-51-24-13-10-21-48(45)51)89-69(102)56(31-44-36-79-50-23-12-9-20-47(44)50)85-66(99)52(25-14-15-27-75)83-68(101)55(30-43-35-78-49-22-11-8-19-46(43)49)86-70(103)57(33-61(76)94)87-71(104)59(39-92)82-41(3)93/h5-13,17-24,35-37,40,52-60,64,78-80,92H,4,14-16,25-34,38-39,75H2,1-3H3,(H2,76,94)(H2,77,98)(H,81,105)(H,82,93)(H,83,101)(H,84,100)(H,85,99)(H,86,103)(H,87,104)(H,88,106)(H,89,102)(H,90,95)(H,96,97)/t40-,52-,53-,54-,55-,56-,57-,58+,59-,60-,64-/m0/s1. The maximum absolute atomic E-state index is 15.5. The van der Waals surface area contributed by atoms with Gasteiger partial charge in [-0.25, -0.2) is 0 Å². The molecule has 21 N–H and O–H groups in total. The number of aromatic nitrogens is 3. The Morgan fingerprint density at radius 2 is 0.972 bits per heavy atom. The van der Waals surface area contributed by atoms with Crippen molar-refractivity contribution >= 4 is 115 Å².